The van der Waals surface area contributed by atoms with Gasteiger partial charge in [-0.2, -0.15) is 5.10 Å². The van der Waals surface area contributed by atoms with Crippen molar-refractivity contribution in [2.24, 2.45) is 5.10 Å². The van der Waals surface area contributed by atoms with Gasteiger partial charge in [0, 0.05) is 30.1 Å². The first-order chi connectivity index (χ1) is 12.6. The number of nitrogens with one attached hydrogen (secondary N) is 2. The number of H-pyrrole nitrogens is 1. The number of aromatic amines is 1. The average molecular weight is 349 g/mol. The minimum absolute atomic E-state index is 0.0761. The largest absolute Gasteiger partial charge is 0.348 e. The summed E-state index contributed by atoms with van der Waals surface area (Å²) < 4.78 is 0. The van der Waals surface area contributed by atoms with Gasteiger partial charge in [0.25, 0.3) is 11.6 Å². The number of hydrogen-bond donors (Lipinski definition) is 2. The zero-order valence-electron chi connectivity index (χ0n) is 13.6. The number of nitro benzene ring substituents is 1. The number of amides is 1. The minimum atomic E-state index is -0.517. The summed E-state index contributed by atoms with van der Waals surface area (Å²) in [4.78, 5) is 29.6. The van der Waals surface area contributed by atoms with Crippen LogP contribution in [-0.2, 0) is 6.42 Å². The molecule has 0 saturated heterocycles. The predicted molar refractivity (Wildman–Crippen MR) is 95.8 cm³/mol. The monoisotopic (exact) mass is 349 g/mol. The lowest BCUT2D eigenvalue weighted by molar-refractivity contribution is -0.384. The highest BCUT2D eigenvalue weighted by Gasteiger charge is 2.11. The van der Waals surface area contributed by atoms with Gasteiger partial charge < -0.3 is 4.98 Å². The second kappa shape index (κ2) is 7.84. The van der Waals surface area contributed by atoms with E-state index in [4.69, 9.17) is 0 Å². The molecule has 2 aromatic carbocycles. The summed E-state index contributed by atoms with van der Waals surface area (Å²) in [7, 11) is 0. The van der Waals surface area contributed by atoms with E-state index in [2.05, 4.69) is 20.5 Å². The van der Waals surface area contributed by atoms with Crippen LogP contribution in [0.1, 0.15) is 21.7 Å². The number of nitro groups is 1. The Balaban J connectivity index is 1.79. The fraction of sp³-hybridized carbons (Fsp3) is 0.0556. The molecule has 0 atom stereocenters. The van der Waals surface area contributed by atoms with Gasteiger partial charge in [-0.05, 0) is 17.7 Å². The quantitative estimate of drug-likeness (QED) is 0.404. The maximum Gasteiger partial charge on any atom is 0.271 e. The van der Waals surface area contributed by atoms with Crippen molar-refractivity contribution in [2.45, 2.75) is 6.42 Å². The molecule has 0 saturated carbocycles. The maximum atomic E-state index is 12.3. The topological polar surface area (TPSA) is 113 Å². The van der Waals surface area contributed by atoms with Crippen molar-refractivity contribution in [1.29, 1.82) is 0 Å². The van der Waals surface area contributed by atoms with Crippen molar-refractivity contribution >= 4 is 17.3 Å². The van der Waals surface area contributed by atoms with E-state index >= 15 is 0 Å². The van der Waals surface area contributed by atoms with Crippen LogP contribution in [-0.4, -0.2) is 26.5 Å². The van der Waals surface area contributed by atoms with E-state index in [-0.39, 0.29) is 11.3 Å². The van der Waals surface area contributed by atoms with Crippen LogP contribution in [0.3, 0.4) is 0 Å². The molecule has 0 aliphatic carbocycles. The summed E-state index contributed by atoms with van der Waals surface area (Å²) in [5.41, 5.74) is 4.19. The molecule has 0 spiro atoms. The fourth-order valence-electron chi connectivity index (χ4n) is 2.31. The normalized spacial score (nSPS) is 11.2. The van der Waals surface area contributed by atoms with E-state index in [0.29, 0.717) is 12.1 Å². The molecule has 26 heavy (non-hydrogen) atoms. The smallest absolute Gasteiger partial charge is 0.271 e. The SMILES string of the molecule is O=C(NN=C(Cc1ncc[nH]1)c1ccccc1)c1ccc([N+](=O)[O-])cc1. The molecule has 1 amide bonds. The third-order valence-electron chi connectivity index (χ3n) is 3.63. The molecule has 130 valence electrons. The molecule has 0 aliphatic rings. The number of non-ortho nitro benzene ring substituents is 1. The number of imidazole rings is 1. The molecule has 0 radical (unpaired) electrons. The number of nitrogens with zero attached hydrogens (tertiary/aromatic N) is 3. The summed E-state index contributed by atoms with van der Waals surface area (Å²) >= 11 is 0. The second-order valence-electron chi connectivity index (χ2n) is 5.38. The Morgan fingerprint density at radius 1 is 1.12 bits per heavy atom. The maximum absolute atomic E-state index is 12.3. The van der Waals surface area contributed by atoms with Crippen LogP contribution in [0, 0.1) is 10.1 Å². The molecule has 8 nitrogen and oxygen atoms in total. The molecule has 3 aromatic rings. The van der Waals surface area contributed by atoms with E-state index in [1.54, 1.807) is 12.4 Å². The van der Waals surface area contributed by atoms with Gasteiger partial charge in [-0.15, -0.1) is 0 Å². The number of hydrazone groups is 1. The minimum Gasteiger partial charge on any atom is -0.348 e. The van der Waals surface area contributed by atoms with Crippen molar-refractivity contribution in [3.05, 3.63) is 94.1 Å². The summed E-state index contributed by atoms with van der Waals surface area (Å²) in [6.07, 6.45) is 3.78. The molecule has 2 N–H and O–H groups in total. The molecule has 1 aromatic heterocycles. The zero-order valence-corrected chi connectivity index (χ0v) is 13.6. The predicted octanol–water partition coefficient (Wildman–Crippen LogP) is 2.69. The summed E-state index contributed by atoms with van der Waals surface area (Å²) in [5, 5.41) is 14.9. The van der Waals surface area contributed by atoms with Crippen molar-refractivity contribution in [3.8, 4) is 0 Å². The summed E-state index contributed by atoms with van der Waals surface area (Å²) in [5.74, 6) is 0.268. The van der Waals surface area contributed by atoms with Crippen LogP contribution in [0.15, 0.2) is 72.1 Å². The van der Waals surface area contributed by atoms with Crippen molar-refractivity contribution in [3.63, 3.8) is 0 Å². The summed E-state index contributed by atoms with van der Waals surface area (Å²) in [6, 6.07) is 14.8. The van der Waals surface area contributed by atoms with Crippen molar-refractivity contribution in [2.75, 3.05) is 0 Å². The average Bonchev–Trinajstić information content (AvgIpc) is 3.19. The number of hydrogen-bond acceptors (Lipinski definition) is 5. The number of aromatic nitrogens is 2. The van der Waals surface area contributed by atoms with Gasteiger partial charge >= 0.3 is 0 Å². The molecule has 0 unspecified atom stereocenters. The van der Waals surface area contributed by atoms with Crippen molar-refractivity contribution < 1.29 is 9.72 Å². The lowest BCUT2D eigenvalue weighted by Crippen LogP contribution is -2.21. The lowest BCUT2D eigenvalue weighted by Gasteiger charge is -2.06. The Labute approximate surface area is 148 Å². The van der Waals surface area contributed by atoms with Crippen LogP contribution in [0.2, 0.25) is 0 Å². The highest BCUT2D eigenvalue weighted by atomic mass is 16.6. The third kappa shape index (κ3) is 4.18. The van der Waals surface area contributed by atoms with Gasteiger partial charge in [0.2, 0.25) is 0 Å². The first-order valence-electron chi connectivity index (χ1n) is 7.78. The molecular weight excluding hydrogens is 334 g/mol. The number of carbonyl (C=O) groups is 1. The van der Waals surface area contributed by atoms with Crippen LogP contribution in [0.4, 0.5) is 5.69 Å². The van der Waals surface area contributed by atoms with E-state index in [0.717, 1.165) is 11.4 Å². The fourth-order valence-corrected chi connectivity index (χ4v) is 2.31. The Morgan fingerprint density at radius 2 is 1.85 bits per heavy atom. The Morgan fingerprint density at radius 3 is 2.46 bits per heavy atom. The molecule has 1 heterocycles. The highest BCUT2D eigenvalue weighted by Crippen LogP contribution is 2.12. The lowest BCUT2D eigenvalue weighted by atomic mass is 10.1. The molecule has 0 fully saturated rings. The Hall–Kier alpha value is -3.81. The van der Waals surface area contributed by atoms with E-state index in [1.807, 2.05) is 30.3 Å². The number of benzene rings is 2. The zero-order chi connectivity index (χ0) is 18.4. The molecule has 3 rings (SSSR count). The van der Waals surface area contributed by atoms with Crippen molar-refractivity contribution in [1.82, 2.24) is 15.4 Å². The molecule has 8 heteroatoms. The number of carbonyl (C=O) groups excluding carboxylic acids is 1. The van der Waals surface area contributed by atoms with Crippen LogP contribution >= 0.6 is 0 Å². The first kappa shape index (κ1) is 17.0. The first-order valence-corrected chi connectivity index (χ1v) is 7.78. The molecule has 0 aliphatic heterocycles. The van der Waals surface area contributed by atoms with E-state index in [9.17, 15) is 14.9 Å². The van der Waals surface area contributed by atoms with E-state index in [1.165, 1.54) is 24.3 Å². The van der Waals surface area contributed by atoms with Gasteiger partial charge in [0.05, 0.1) is 17.1 Å². The standard InChI is InChI=1S/C18H15N5O3/c24-18(14-6-8-15(9-7-14)23(25)26)22-21-16(12-17-19-10-11-20-17)13-4-2-1-3-5-13/h1-11H,12H2,(H,19,20)(H,22,24). The van der Waals surface area contributed by atoms with E-state index < -0.39 is 10.8 Å². The van der Waals surface area contributed by atoms with Crippen LogP contribution < -0.4 is 5.43 Å². The van der Waals surface area contributed by atoms with Crippen LogP contribution in [0.5, 0.6) is 0 Å². The van der Waals surface area contributed by atoms with Gasteiger partial charge in [0.15, 0.2) is 0 Å². The third-order valence-corrected chi connectivity index (χ3v) is 3.63. The van der Waals surface area contributed by atoms with Gasteiger partial charge in [0.1, 0.15) is 5.82 Å². The highest BCUT2D eigenvalue weighted by molar-refractivity contribution is 6.03. The Bertz CT molecular complexity index is 919. The summed E-state index contributed by atoms with van der Waals surface area (Å²) in [6.45, 7) is 0. The number of rotatable bonds is 6. The second-order valence-corrected chi connectivity index (χ2v) is 5.38. The molecule has 0 bridgehead atoms. The molecular formula is C18H15N5O3. The Kier molecular flexibility index (Phi) is 5.14. The van der Waals surface area contributed by atoms with Gasteiger partial charge in [-0.1, -0.05) is 30.3 Å². The van der Waals surface area contributed by atoms with Gasteiger partial charge in [-0.25, -0.2) is 10.4 Å². The van der Waals surface area contributed by atoms with Gasteiger partial charge in [-0.3, -0.25) is 14.9 Å². The van der Waals surface area contributed by atoms with Crippen LogP contribution in [0.25, 0.3) is 0 Å².